The molecule has 0 heterocycles. The van der Waals surface area contributed by atoms with Gasteiger partial charge in [-0.05, 0) is 0 Å². The van der Waals surface area contributed by atoms with Crippen molar-refractivity contribution in [2.75, 3.05) is 19.6 Å². The second-order valence-electron chi connectivity index (χ2n) is 3.18. The van der Waals surface area contributed by atoms with Gasteiger partial charge in [-0.3, -0.25) is 0 Å². The van der Waals surface area contributed by atoms with Crippen LogP contribution in [0.1, 0.15) is 26.7 Å². The molecule has 0 bridgehead atoms. The molecule has 0 aliphatic carbocycles. The van der Waals surface area contributed by atoms with E-state index in [-0.39, 0.29) is 0 Å². The predicted molar refractivity (Wildman–Crippen MR) is 56.7 cm³/mol. The third kappa shape index (κ3) is 6.97. The Morgan fingerprint density at radius 3 is 2.08 bits per heavy atom. The van der Waals surface area contributed by atoms with Crippen LogP contribution in [-0.4, -0.2) is 42.2 Å². The van der Waals surface area contributed by atoms with Gasteiger partial charge in [-0.2, -0.15) is 0 Å². The van der Waals surface area contributed by atoms with Crippen molar-refractivity contribution in [3.8, 4) is 0 Å². The molecule has 0 radical (unpaired) electrons. The number of allylic oxidation sites excluding steroid dienone is 1. The van der Waals surface area contributed by atoms with Gasteiger partial charge in [0.1, 0.15) is 0 Å². The molecule has 0 rings (SSSR count). The first-order chi connectivity index (χ1) is 5.85. The van der Waals surface area contributed by atoms with E-state index in [9.17, 15) is 0 Å². The molecule has 0 atom stereocenters. The maximum atomic E-state index is 2.51. The van der Waals surface area contributed by atoms with Gasteiger partial charge in [-0.15, -0.1) is 0 Å². The van der Waals surface area contributed by atoms with Crippen LogP contribution in [0.4, 0.5) is 0 Å². The summed E-state index contributed by atoms with van der Waals surface area (Å²) in [7, 11) is 0. The molecule has 0 aromatic carbocycles. The molecule has 0 unspecified atom stereocenters. The van der Waals surface area contributed by atoms with Gasteiger partial charge in [0.25, 0.3) is 0 Å². The van der Waals surface area contributed by atoms with Gasteiger partial charge in [-0.1, -0.05) is 0 Å². The van der Waals surface area contributed by atoms with Crippen molar-refractivity contribution in [3.63, 3.8) is 0 Å². The molecule has 1 nitrogen and oxygen atoms in total. The molecule has 66 valence electrons. The van der Waals surface area contributed by atoms with Crippen molar-refractivity contribution in [2.45, 2.75) is 31.8 Å². The summed E-state index contributed by atoms with van der Waals surface area (Å²) in [5, 5.41) is 1.16. The molecule has 0 N–H and O–H groups in total. The Morgan fingerprint density at radius 1 is 1.08 bits per heavy atom. The van der Waals surface area contributed by atoms with Gasteiger partial charge in [-0.25, -0.2) is 0 Å². The van der Waals surface area contributed by atoms with Crippen LogP contribution in [0, 0.1) is 0 Å². The van der Waals surface area contributed by atoms with E-state index in [1.54, 1.807) is 0 Å². The van der Waals surface area contributed by atoms with Crippen molar-refractivity contribution in [2.24, 2.45) is 0 Å². The Kier molecular flexibility index (Phi) is 9.62. The first-order valence-corrected chi connectivity index (χ1v) is 5.22. The Labute approximate surface area is 86.4 Å². The van der Waals surface area contributed by atoms with Crippen molar-refractivity contribution in [3.05, 3.63) is 12.2 Å². The normalized spacial score (nSPS) is 11.8. The quantitative estimate of drug-likeness (QED) is 0.409. The van der Waals surface area contributed by atoms with E-state index >= 15 is 0 Å². The third-order valence-corrected chi connectivity index (χ3v) is 1.85. The van der Waals surface area contributed by atoms with Gasteiger partial charge in [0.2, 0.25) is 0 Å². The van der Waals surface area contributed by atoms with E-state index in [4.69, 9.17) is 0 Å². The number of hydrogen-bond acceptors (Lipinski definition) is 1. The second-order valence-corrected chi connectivity index (χ2v) is 3.18. The first-order valence-electron chi connectivity index (χ1n) is 5.22. The monoisotopic (exact) mass is 161 g/mol. The summed E-state index contributed by atoms with van der Waals surface area (Å²) in [5.74, 6) is 0. The van der Waals surface area contributed by atoms with Gasteiger partial charge < -0.3 is 0 Å². The Hall–Kier alpha value is 0.297. The number of hydrogen-bond donors (Lipinski definition) is 0. The Balaban J connectivity index is 3.54. The summed E-state index contributed by atoms with van der Waals surface area (Å²) in [6, 6.07) is 0. The summed E-state index contributed by atoms with van der Waals surface area (Å²) < 4.78 is 0. The molecule has 0 aliphatic rings. The predicted octanol–water partition coefficient (Wildman–Crippen LogP) is 2.25. The van der Waals surface area contributed by atoms with Gasteiger partial charge in [0.05, 0.1) is 0 Å². The fourth-order valence-electron chi connectivity index (χ4n) is 1.32. The average molecular weight is 161 g/mol. The van der Waals surface area contributed by atoms with E-state index in [0.717, 1.165) is 11.6 Å². The zero-order valence-corrected chi connectivity index (χ0v) is 8.84. The fraction of sp³-hybridized carbons (Fsp3) is 0.800. The van der Waals surface area contributed by atoms with E-state index in [1.165, 1.54) is 25.9 Å². The van der Waals surface area contributed by atoms with Gasteiger partial charge >= 0.3 is 86.2 Å². The van der Waals surface area contributed by atoms with Crippen LogP contribution >= 0.6 is 0 Å². The summed E-state index contributed by atoms with van der Waals surface area (Å²) in [5.41, 5.74) is 0. The van der Waals surface area contributed by atoms with Crippen LogP contribution < -0.4 is 0 Å². The summed E-state index contributed by atoms with van der Waals surface area (Å²) in [4.78, 5) is 2.51. The molecular weight excluding hydrogens is 141 g/mol. The summed E-state index contributed by atoms with van der Waals surface area (Å²) >= 11 is 2.18. The standard InChI is InChI=1S/C10H20N.Li/c1-4-7-10-11(8-5-2)9-6-3;/h4,7H,1,5-6,8-10H2,2-3H3;/b7-4+;. The van der Waals surface area contributed by atoms with Crippen molar-refractivity contribution >= 4 is 17.7 Å². The molecule has 0 aromatic heterocycles. The number of rotatable bonds is 7. The molecule has 0 spiro atoms. The van der Waals surface area contributed by atoms with Gasteiger partial charge in [0.15, 0.2) is 0 Å². The van der Waals surface area contributed by atoms with E-state index in [1.807, 2.05) is 0 Å². The summed E-state index contributed by atoms with van der Waals surface area (Å²) in [6.07, 6.45) is 7.06. The Morgan fingerprint density at radius 2 is 1.67 bits per heavy atom. The SMILES string of the molecule is [Li][CH2]/C=C/CN(CCC)CCC. The third-order valence-electron chi connectivity index (χ3n) is 1.85. The number of nitrogens with zero attached hydrogens (tertiary/aromatic N) is 1. The van der Waals surface area contributed by atoms with Crippen LogP contribution in [0.5, 0.6) is 0 Å². The van der Waals surface area contributed by atoms with E-state index < -0.39 is 0 Å². The second kappa shape index (κ2) is 9.39. The van der Waals surface area contributed by atoms with E-state index in [2.05, 4.69) is 48.6 Å². The van der Waals surface area contributed by atoms with Gasteiger partial charge in [0, 0.05) is 0 Å². The fourth-order valence-corrected chi connectivity index (χ4v) is 1.32. The molecule has 0 fully saturated rings. The van der Waals surface area contributed by atoms with Crippen LogP contribution in [0.15, 0.2) is 12.2 Å². The van der Waals surface area contributed by atoms with Crippen molar-refractivity contribution < 1.29 is 0 Å². The topological polar surface area (TPSA) is 3.24 Å². The first kappa shape index (κ1) is 12.3. The molecule has 0 aliphatic heterocycles. The van der Waals surface area contributed by atoms with Crippen LogP contribution in [0.25, 0.3) is 0 Å². The molecule has 12 heavy (non-hydrogen) atoms. The minimum absolute atomic E-state index is 1.13. The molecule has 0 saturated heterocycles. The molecule has 2 heteroatoms. The van der Waals surface area contributed by atoms with Crippen LogP contribution in [0.3, 0.4) is 0 Å². The van der Waals surface area contributed by atoms with Crippen molar-refractivity contribution in [1.82, 2.24) is 4.90 Å². The maximum absolute atomic E-state index is 2.51. The molecule has 0 saturated carbocycles. The molecule has 0 amide bonds. The van der Waals surface area contributed by atoms with E-state index in [0.29, 0.717) is 0 Å². The molecule has 0 aromatic rings. The summed E-state index contributed by atoms with van der Waals surface area (Å²) in [6.45, 7) is 8.09. The average Bonchev–Trinajstić information content (AvgIpc) is 2.06. The minimum atomic E-state index is 1.13. The van der Waals surface area contributed by atoms with Crippen molar-refractivity contribution in [1.29, 1.82) is 0 Å². The van der Waals surface area contributed by atoms with Crippen LogP contribution in [-0.2, 0) is 0 Å². The van der Waals surface area contributed by atoms with Crippen LogP contribution in [0.2, 0.25) is 5.09 Å². The Bertz CT molecular complexity index is 106. The molecular formula is C10H20LiN. The zero-order chi connectivity index (χ0) is 9.23. The zero-order valence-electron chi connectivity index (χ0n) is 8.84.